The van der Waals surface area contributed by atoms with Gasteiger partial charge in [0.25, 0.3) is 0 Å². The highest BCUT2D eigenvalue weighted by Gasteiger charge is 2.56. The van der Waals surface area contributed by atoms with Crippen molar-refractivity contribution in [2.75, 3.05) is 11.9 Å². The van der Waals surface area contributed by atoms with Gasteiger partial charge in [-0.15, -0.1) is 0 Å². The Kier molecular flexibility index (Phi) is 6.49. The highest BCUT2D eigenvalue weighted by atomic mass is 28.3. The minimum absolute atomic E-state index is 0.0161. The minimum atomic E-state index is -2.05. The number of amides is 2. The molecule has 1 aromatic rings. The van der Waals surface area contributed by atoms with Crippen molar-refractivity contribution in [3.05, 3.63) is 23.9 Å². The van der Waals surface area contributed by atoms with Gasteiger partial charge in [-0.3, -0.25) is 10.1 Å². The molecule has 0 radical (unpaired) electrons. The number of carbonyl (C=O) groups is 2. The third kappa shape index (κ3) is 5.16. The maximum Gasteiger partial charge on any atom is 0.413 e. The maximum absolute atomic E-state index is 13.0. The van der Waals surface area contributed by atoms with Gasteiger partial charge in [-0.2, -0.15) is 0 Å². The molecule has 2 N–H and O–H groups in total. The van der Waals surface area contributed by atoms with Gasteiger partial charge in [0.05, 0.1) is 18.6 Å². The van der Waals surface area contributed by atoms with Crippen molar-refractivity contribution in [1.82, 2.24) is 9.55 Å². The first kappa shape index (κ1) is 23.3. The van der Waals surface area contributed by atoms with E-state index in [2.05, 4.69) is 44.2 Å². The summed E-state index contributed by atoms with van der Waals surface area (Å²) in [5.74, 6) is 0.227. The number of carbonyl (C=O) groups excluding carboxylic acids is 2. The second kappa shape index (κ2) is 8.06. The summed E-state index contributed by atoms with van der Waals surface area (Å²) >= 11 is 0. The van der Waals surface area contributed by atoms with E-state index >= 15 is 0 Å². The van der Waals surface area contributed by atoms with E-state index in [1.54, 1.807) is 33.0 Å². The number of nitrogens with one attached hydrogen (secondary N) is 1. The van der Waals surface area contributed by atoms with Crippen LogP contribution in [0.5, 0.6) is 0 Å². The van der Waals surface area contributed by atoms with Crippen LogP contribution in [0, 0.1) is 5.92 Å². The van der Waals surface area contributed by atoms with E-state index < -0.39 is 19.9 Å². The molecule has 2 heterocycles. The summed E-state index contributed by atoms with van der Waals surface area (Å²) in [6, 6.07) is 3.41. The van der Waals surface area contributed by atoms with Gasteiger partial charge < -0.3 is 14.4 Å². The fraction of sp³-hybridized carbons (Fsp3) is 0.667. The molecule has 0 aromatic carbocycles. The molecule has 1 saturated heterocycles. The van der Waals surface area contributed by atoms with Crippen molar-refractivity contribution in [2.45, 2.75) is 77.7 Å². The Morgan fingerprint density at radius 2 is 1.90 bits per heavy atom. The van der Waals surface area contributed by atoms with E-state index in [0.29, 0.717) is 12.2 Å². The molecule has 2 atom stereocenters. The summed E-state index contributed by atoms with van der Waals surface area (Å²) in [7, 11) is -2.05. The summed E-state index contributed by atoms with van der Waals surface area (Å²) < 4.78 is 7.21. The van der Waals surface area contributed by atoms with E-state index in [0.717, 1.165) is 5.56 Å². The SMILES string of the molecule is CC(C)(C)OC(=O)Nc1cc(C[C@H]2C(=O)N([Si](C)(C)C(C)(C)C)[C@@H]2CO)ccn1. The zero-order chi connectivity index (χ0) is 22.2. The molecule has 29 heavy (non-hydrogen) atoms. The van der Waals surface area contributed by atoms with Gasteiger partial charge in [-0.1, -0.05) is 33.9 Å². The summed E-state index contributed by atoms with van der Waals surface area (Å²) in [4.78, 5) is 29.1. The fourth-order valence-electron chi connectivity index (χ4n) is 3.42. The minimum Gasteiger partial charge on any atom is -0.444 e. The van der Waals surface area contributed by atoms with Crippen LogP contribution in [-0.2, 0) is 16.0 Å². The number of nitrogens with zero attached hydrogens (tertiary/aromatic N) is 2. The van der Waals surface area contributed by atoms with Crippen molar-refractivity contribution in [3.8, 4) is 0 Å². The van der Waals surface area contributed by atoms with Crippen molar-refractivity contribution in [2.24, 2.45) is 5.92 Å². The molecule has 1 aliphatic heterocycles. The molecule has 1 aromatic heterocycles. The summed E-state index contributed by atoms with van der Waals surface area (Å²) in [6.07, 6.45) is 1.53. The molecule has 0 unspecified atom stereocenters. The lowest BCUT2D eigenvalue weighted by Crippen LogP contribution is -2.74. The predicted octanol–water partition coefficient (Wildman–Crippen LogP) is 3.80. The zero-order valence-electron chi connectivity index (χ0n) is 18.9. The highest BCUT2D eigenvalue weighted by Crippen LogP contribution is 2.45. The molecule has 0 aliphatic carbocycles. The first-order valence-corrected chi connectivity index (χ1v) is 13.0. The van der Waals surface area contributed by atoms with Gasteiger partial charge in [0.15, 0.2) is 8.24 Å². The number of anilines is 1. The number of hydrogen-bond donors (Lipinski definition) is 2. The first-order valence-electron chi connectivity index (χ1n) is 10.1. The molecule has 7 nitrogen and oxygen atoms in total. The Bertz CT molecular complexity index is 768. The van der Waals surface area contributed by atoms with E-state index in [-0.39, 0.29) is 29.5 Å². The van der Waals surface area contributed by atoms with Gasteiger partial charge in [0.1, 0.15) is 11.4 Å². The monoisotopic (exact) mass is 421 g/mol. The van der Waals surface area contributed by atoms with E-state index in [1.165, 1.54) is 0 Å². The molecule has 2 rings (SSSR count). The molecule has 8 heteroatoms. The molecule has 0 bridgehead atoms. The number of aliphatic hydroxyl groups excluding tert-OH is 1. The van der Waals surface area contributed by atoms with Crippen molar-refractivity contribution < 1.29 is 19.4 Å². The number of β-lactam (4-membered cyclic amide) rings is 1. The lowest BCUT2D eigenvalue weighted by Gasteiger charge is -2.58. The quantitative estimate of drug-likeness (QED) is 0.557. The van der Waals surface area contributed by atoms with Crippen LogP contribution in [0.25, 0.3) is 0 Å². The normalized spacial score (nSPS) is 20.3. The summed E-state index contributed by atoms with van der Waals surface area (Å²) in [5.41, 5.74) is 0.291. The Balaban J connectivity index is 2.11. The van der Waals surface area contributed by atoms with Gasteiger partial charge in [-0.05, 0) is 49.9 Å². The lowest BCUT2D eigenvalue weighted by atomic mass is 9.85. The van der Waals surface area contributed by atoms with E-state index in [1.807, 2.05) is 10.6 Å². The Morgan fingerprint density at radius 3 is 2.41 bits per heavy atom. The van der Waals surface area contributed by atoms with Gasteiger partial charge in [0, 0.05) is 6.20 Å². The molecular weight excluding hydrogens is 386 g/mol. The molecule has 162 valence electrons. The fourth-order valence-corrected chi connectivity index (χ4v) is 5.95. The predicted molar refractivity (Wildman–Crippen MR) is 116 cm³/mol. The second-order valence-corrected chi connectivity index (χ2v) is 15.4. The van der Waals surface area contributed by atoms with Gasteiger partial charge in [0.2, 0.25) is 5.91 Å². The number of hydrogen-bond acceptors (Lipinski definition) is 5. The highest BCUT2D eigenvalue weighted by molar-refractivity contribution is 6.80. The summed E-state index contributed by atoms with van der Waals surface area (Å²) in [6.45, 7) is 16.2. The number of ether oxygens (including phenoxy) is 1. The average Bonchev–Trinajstić information content (AvgIpc) is 2.54. The third-order valence-electron chi connectivity index (χ3n) is 5.88. The molecule has 1 fully saturated rings. The topological polar surface area (TPSA) is 91.8 Å². The standard InChI is InChI=1S/C21H35N3O4Si/c1-20(2,3)28-19(27)23-17-12-14(9-10-22-17)11-15-16(13-25)24(18(15)26)29(7,8)21(4,5)6/h9-10,12,15-16,25H,11,13H2,1-8H3,(H,22,23,27)/t15-,16-/m1/s1. The molecule has 1 aliphatic rings. The molecule has 0 saturated carbocycles. The van der Waals surface area contributed by atoms with Gasteiger partial charge in [-0.25, -0.2) is 9.78 Å². The maximum atomic E-state index is 13.0. The van der Waals surface area contributed by atoms with Crippen LogP contribution in [0.4, 0.5) is 10.6 Å². The van der Waals surface area contributed by atoms with E-state index in [4.69, 9.17) is 4.74 Å². The number of pyridine rings is 1. The number of aliphatic hydroxyl groups is 1. The zero-order valence-corrected chi connectivity index (χ0v) is 19.9. The average molecular weight is 422 g/mol. The smallest absolute Gasteiger partial charge is 0.413 e. The van der Waals surface area contributed by atoms with Crippen molar-refractivity contribution in [1.29, 1.82) is 0 Å². The van der Waals surface area contributed by atoms with Crippen LogP contribution in [0.2, 0.25) is 18.1 Å². The third-order valence-corrected chi connectivity index (χ3v) is 11.3. The van der Waals surface area contributed by atoms with Crippen LogP contribution in [0.3, 0.4) is 0 Å². The van der Waals surface area contributed by atoms with Crippen molar-refractivity contribution in [3.63, 3.8) is 0 Å². The molecular formula is C21H35N3O4Si. The lowest BCUT2D eigenvalue weighted by molar-refractivity contribution is -0.150. The number of rotatable bonds is 5. The van der Waals surface area contributed by atoms with Crippen LogP contribution < -0.4 is 5.32 Å². The van der Waals surface area contributed by atoms with Crippen LogP contribution in [0.1, 0.15) is 47.1 Å². The van der Waals surface area contributed by atoms with Crippen LogP contribution in [-0.4, -0.2) is 53.1 Å². The first-order chi connectivity index (χ1) is 13.2. The summed E-state index contributed by atoms with van der Waals surface area (Å²) in [5, 5.41) is 12.6. The van der Waals surface area contributed by atoms with E-state index in [9.17, 15) is 14.7 Å². The van der Waals surface area contributed by atoms with Crippen molar-refractivity contribution >= 4 is 26.1 Å². The second-order valence-electron chi connectivity index (χ2n) is 10.3. The van der Waals surface area contributed by atoms with Crippen LogP contribution >= 0.6 is 0 Å². The Labute approximate surface area is 174 Å². The Morgan fingerprint density at radius 1 is 1.28 bits per heavy atom. The van der Waals surface area contributed by atoms with Crippen LogP contribution in [0.15, 0.2) is 18.3 Å². The molecule has 0 spiro atoms. The Hall–Kier alpha value is -1.93. The number of aromatic nitrogens is 1. The largest absolute Gasteiger partial charge is 0.444 e. The molecule has 2 amide bonds. The van der Waals surface area contributed by atoms with Gasteiger partial charge >= 0.3 is 6.09 Å².